The number of nitrogens with zero attached hydrogens (tertiary/aromatic N) is 1. The van der Waals surface area contributed by atoms with Gasteiger partial charge >= 0.3 is 18.2 Å². The Morgan fingerprint density at radius 3 is 2.20 bits per heavy atom. The molecule has 1 saturated carbocycles. The first kappa shape index (κ1) is 35.0. The van der Waals surface area contributed by atoms with Crippen LogP contribution in [-0.2, 0) is 23.2 Å². The number of likely N-dealkylation sites (tertiary alicyclic amines) is 1. The number of nitrogens with one attached hydrogen (secondary N) is 2. The predicted molar refractivity (Wildman–Crippen MR) is 172 cm³/mol. The van der Waals surface area contributed by atoms with Crippen LogP contribution in [0.15, 0.2) is 78.9 Å². The largest absolute Gasteiger partial charge is 0.493 e. The van der Waals surface area contributed by atoms with Crippen LogP contribution >= 0.6 is 11.9 Å². The minimum Gasteiger partial charge on any atom is -0.493 e. The van der Waals surface area contributed by atoms with E-state index in [1.54, 1.807) is 14.2 Å². The molecule has 1 saturated heterocycles. The van der Waals surface area contributed by atoms with Gasteiger partial charge in [-0.2, -0.15) is 13.2 Å². The summed E-state index contributed by atoms with van der Waals surface area (Å²) < 4.78 is 45.9. The van der Waals surface area contributed by atoms with Crippen molar-refractivity contribution in [1.29, 1.82) is 0 Å². The van der Waals surface area contributed by atoms with Crippen molar-refractivity contribution >= 4 is 23.9 Å². The Morgan fingerprint density at radius 1 is 0.957 bits per heavy atom. The molecule has 0 aromatic heterocycles. The first-order valence-corrected chi connectivity index (χ1v) is 16.1. The molecular weight excluding hydrogens is 619 g/mol. The minimum absolute atomic E-state index is 0.0213. The fraction of sp³-hybridized carbons (Fsp3) is 0.412. The zero-order valence-corrected chi connectivity index (χ0v) is 26.7. The number of benzene rings is 3. The predicted octanol–water partition coefficient (Wildman–Crippen LogP) is 6.59. The molecule has 8 nitrogen and oxygen atoms in total. The van der Waals surface area contributed by atoms with Gasteiger partial charge in [0.05, 0.1) is 14.2 Å². The van der Waals surface area contributed by atoms with E-state index in [0.29, 0.717) is 6.04 Å². The van der Waals surface area contributed by atoms with Crippen molar-refractivity contribution in [3.63, 3.8) is 0 Å². The summed E-state index contributed by atoms with van der Waals surface area (Å²) in [6.45, 7) is 1.94. The zero-order chi connectivity index (χ0) is 33.2. The summed E-state index contributed by atoms with van der Waals surface area (Å²) in [5.41, 5.74) is 3.93. The van der Waals surface area contributed by atoms with E-state index in [-0.39, 0.29) is 17.5 Å². The van der Waals surface area contributed by atoms with Crippen molar-refractivity contribution in [3.05, 3.63) is 95.6 Å². The van der Waals surface area contributed by atoms with E-state index in [9.17, 15) is 18.0 Å². The highest BCUT2D eigenvalue weighted by molar-refractivity contribution is 7.97. The molecule has 1 aliphatic heterocycles. The van der Waals surface area contributed by atoms with E-state index in [1.807, 2.05) is 12.1 Å². The fourth-order valence-corrected chi connectivity index (χ4v) is 7.04. The molecule has 2 amide bonds. The number of hydrogen-bond acceptors (Lipinski definition) is 6. The van der Waals surface area contributed by atoms with Crippen molar-refractivity contribution in [1.82, 2.24) is 14.9 Å². The fourth-order valence-electron chi connectivity index (χ4n) is 6.41. The van der Waals surface area contributed by atoms with Crippen molar-refractivity contribution < 1.29 is 37.3 Å². The molecule has 1 aliphatic carbocycles. The van der Waals surface area contributed by atoms with Crippen molar-refractivity contribution in [2.45, 2.75) is 62.3 Å². The molecule has 3 unspecified atom stereocenters. The third-order valence-corrected chi connectivity index (χ3v) is 9.37. The molecule has 248 valence electrons. The Bertz CT molecular complexity index is 1430. The van der Waals surface area contributed by atoms with E-state index in [4.69, 9.17) is 19.4 Å². The minimum atomic E-state index is -5.08. The smallest absolute Gasteiger partial charge is 0.490 e. The van der Waals surface area contributed by atoms with Gasteiger partial charge < -0.3 is 19.9 Å². The van der Waals surface area contributed by atoms with Crippen molar-refractivity contribution in [3.8, 4) is 11.5 Å². The number of methoxy groups -OCH3 is 2. The lowest BCUT2D eigenvalue weighted by atomic mass is 9.65. The van der Waals surface area contributed by atoms with Crippen LogP contribution in [0.2, 0.25) is 0 Å². The number of ether oxygens (including phenoxy) is 2. The van der Waals surface area contributed by atoms with Gasteiger partial charge in [0.2, 0.25) is 0 Å². The summed E-state index contributed by atoms with van der Waals surface area (Å²) in [5, 5.41) is 10.4. The van der Waals surface area contributed by atoms with Gasteiger partial charge in [-0.25, -0.2) is 9.59 Å². The van der Waals surface area contributed by atoms with E-state index in [1.165, 1.54) is 28.6 Å². The summed E-state index contributed by atoms with van der Waals surface area (Å²) >= 11 is 1.47. The van der Waals surface area contributed by atoms with Crippen molar-refractivity contribution in [2.75, 3.05) is 26.5 Å². The van der Waals surface area contributed by atoms with Crippen LogP contribution in [0.4, 0.5) is 18.0 Å². The van der Waals surface area contributed by atoms with Crippen LogP contribution in [0.1, 0.15) is 42.4 Å². The number of carbonyl (C=O) groups is 2. The summed E-state index contributed by atoms with van der Waals surface area (Å²) in [6, 6.07) is 27.8. The molecule has 3 aromatic carbocycles. The summed E-state index contributed by atoms with van der Waals surface area (Å²) in [4.78, 5) is 24.3. The first-order valence-electron chi connectivity index (χ1n) is 15.1. The number of alkyl halides is 3. The second-order valence-corrected chi connectivity index (χ2v) is 12.3. The monoisotopic (exact) mass is 659 g/mol. The number of carboxylic acids is 1. The molecule has 2 aliphatic rings. The molecular formula is C34H40F3N3O5S. The quantitative estimate of drug-likeness (QED) is 0.167. The molecule has 0 spiro atoms. The SMILES string of the molecule is COc1ccc(C23CCC(NC(=O)NSCCc4ccccc4)CC2N(Cc2ccccc2)CC3)cc1OC.O=C(O)C(F)(F)F. The lowest BCUT2D eigenvalue weighted by Gasteiger charge is -2.45. The van der Waals surface area contributed by atoms with Crippen LogP contribution in [-0.4, -0.2) is 66.8 Å². The number of fused-ring (bicyclic) bond motifs is 1. The van der Waals surface area contributed by atoms with Gasteiger partial charge in [0.25, 0.3) is 0 Å². The molecule has 3 N–H and O–H groups in total. The zero-order valence-electron chi connectivity index (χ0n) is 25.9. The van der Waals surface area contributed by atoms with Crippen LogP contribution in [0.25, 0.3) is 0 Å². The van der Waals surface area contributed by atoms with Gasteiger partial charge in [-0.1, -0.05) is 66.7 Å². The number of rotatable bonds is 10. The molecule has 3 aromatic rings. The first-order chi connectivity index (χ1) is 22.1. The number of aliphatic carboxylic acids is 1. The normalized spacial score (nSPS) is 20.9. The second-order valence-electron chi connectivity index (χ2n) is 11.4. The van der Waals surface area contributed by atoms with Gasteiger partial charge in [0.1, 0.15) is 0 Å². The average Bonchev–Trinajstić information content (AvgIpc) is 3.42. The van der Waals surface area contributed by atoms with Gasteiger partial charge in [-0.3, -0.25) is 9.62 Å². The summed E-state index contributed by atoms with van der Waals surface area (Å²) in [6.07, 6.45) is -0.173. The molecule has 12 heteroatoms. The number of aryl methyl sites for hydroxylation is 1. The second kappa shape index (κ2) is 16.1. The van der Waals surface area contributed by atoms with Crippen LogP contribution in [0.3, 0.4) is 0 Å². The van der Waals surface area contributed by atoms with E-state index in [2.05, 4.69) is 81.7 Å². The van der Waals surface area contributed by atoms with E-state index < -0.39 is 12.1 Å². The maximum absolute atomic E-state index is 12.8. The molecule has 2 fully saturated rings. The number of carbonyl (C=O) groups excluding carboxylic acids is 1. The van der Waals surface area contributed by atoms with Crippen LogP contribution < -0.4 is 19.5 Å². The highest BCUT2D eigenvalue weighted by atomic mass is 32.2. The topological polar surface area (TPSA) is 100 Å². The van der Waals surface area contributed by atoms with Gasteiger partial charge in [0.15, 0.2) is 11.5 Å². The summed E-state index contributed by atoms with van der Waals surface area (Å²) in [7, 11) is 3.38. The standard InChI is InChI=1S/C32H39N3O3S.C2HF3O2/c1-37-28-14-13-26(21-29(28)38-2)32-17-15-27(33-31(36)34-39-20-16-24-9-5-3-6-10-24)22-30(32)35(19-18-32)23-25-11-7-4-8-12-25;3-2(4,5)1(6)7/h3-14,21,27,30H,15-20,22-23H2,1-2H3,(H2,33,34,36);(H,6,7). The third-order valence-electron chi connectivity index (χ3n) is 8.64. The highest BCUT2D eigenvalue weighted by Crippen LogP contribution is 2.50. The number of amides is 2. The molecule has 3 atom stereocenters. The molecule has 0 radical (unpaired) electrons. The van der Waals surface area contributed by atoms with E-state index in [0.717, 1.165) is 62.4 Å². The summed E-state index contributed by atoms with van der Waals surface area (Å²) in [5.74, 6) is -0.382. The third kappa shape index (κ3) is 9.10. The number of urea groups is 1. The average molecular weight is 660 g/mol. The van der Waals surface area contributed by atoms with Crippen LogP contribution in [0, 0.1) is 0 Å². The molecule has 0 bridgehead atoms. The van der Waals surface area contributed by atoms with Gasteiger partial charge in [-0.15, -0.1) is 0 Å². The Kier molecular flexibility index (Phi) is 12.2. The van der Waals surface area contributed by atoms with Gasteiger partial charge in [-0.05, 0) is 79.4 Å². The number of halogens is 3. The maximum Gasteiger partial charge on any atom is 0.490 e. The van der Waals surface area contributed by atoms with Crippen LogP contribution in [0.5, 0.6) is 11.5 Å². The highest BCUT2D eigenvalue weighted by Gasteiger charge is 2.51. The van der Waals surface area contributed by atoms with Crippen molar-refractivity contribution in [2.24, 2.45) is 0 Å². The van der Waals surface area contributed by atoms with E-state index >= 15 is 0 Å². The lowest BCUT2D eigenvalue weighted by Crippen LogP contribution is -2.53. The number of carboxylic acid groups (broad SMARTS) is 1. The molecule has 5 rings (SSSR count). The Labute approximate surface area is 271 Å². The lowest BCUT2D eigenvalue weighted by molar-refractivity contribution is -0.192. The Morgan fingerprint density at radius 2 is 1.59 bits per heavy atom. The Hall–Kier alpha value is -3.90. The molecule has 46 heavy (non-hydrogen) atoms. The van der Waals surface area contributed by atoms with Gasteiger partial charge in [0, 0.05) is 29.8 Å². The maximum atomic E-state index is 12.8. The molecule has 1 heterocycles. The Balaban J connectivity index is 0.000000617. The number of hydrogen-bond donors (Lipinski definition) is 3.